The van der Waals surface area contributed by atoms with Crippen LogP contribution in [0.3, 0.4) is 0 Å². The highest BCUT2D eigenvalue weighted by molar-refractivity contribution is 7.92. The van der Waals surface area contributed by atoms with E-state index in [4.69, 9.17) is 4.74 Å². The van der Waals surface area contributed by atoms with Crippen LogP contribution in [0.25, 0.3) is 0 Å². The average Bonchev–Trinajstić information content (AvgIpc) is 2.93. The van der Waals surface area contributed by atoms with Gasteiger partial charge in [-0.15, -0.1) is 0 Å². The molecule has 214 valence electrons. The Balaban J connectivity index is 2.11. The monoisotopic (exact) mass is 565 g/mol. The van der Waals surface area contributed by atoms with Crippen molar-refractivity contribution >= 4 is 27.5 Å². The molecule has 8 nitrogen and oxygen atoms in total. The number of nitrogens with one attached hydrogen (secondary N) is 1. The van der Waals surface area contributed by atoms with E-state index in [1.165, 1.54) is 4.90 Å². The summed E-state index contributed by atoms with van der Waals surface area (Å²) in [4.78, 5) is 28.8. The Morgan fingerprint density at radius 1 is 0.950 bits per heavy atom. The Kier molecular flexibility index (Phi) is 10.3. The predicted molar refractivity (Wildman–Crippen MR) is 158 cm³/mol. The normalized spacial score (nSPS) is 11.9. The number of hydrogen-bond donors (Lipinski definition) is 1. The fourth-order valence-electron chi connectivity index (χ4n) is 4.54. The van der Waals surface area contributed by atoms with Gasteiger partial charge in [-0.25, -0.2) is 8.42 Å². The standard InChI is InChI=1S/C31H39N3O5S/c1-7-28(31(36)32-8-2)33(20-25-12-10-13-26(19-25)39-6)30(35)21-34(29-14-9-11-23(4)24(29)5)40(37,38)27-17-15-22(3)16-18-27/h9-19,28H,7-8,20-21H2,1-6H3,(H,32,36). The van der Waals surface area contributed by atoms with Crippen LogP contribution in [0.1, 0.15) is 42.5 Å². The number of ether oxygens (including phenoxy) is 1. The molecular formula is C31H39N3O5S. The minimum atomic E-state index is -4.12. The number of hydrogen-bond acceptors (Lipinski definition) is 5. The zero-order chi connectivity index (χ0) is 29.4. The summed E-state index contributed by atoms with van der Waals surface area (Å²) in [5, 5.41) is 2.81. The highest BCUT2D eigenvalue weighted by Crippen LogP contribution is 2.29. The lowest BCUT2D eigenvalue weighted by Crippen LogP contribution is -2.52. The Morgan fingerprint density at radius 3 is 2.25 bits per heavy atom. The van der Waals surface area contributed by atoms with E-state index in [1.54, 1.807) is 55.6 Å². The molecule has 3 aromatic rings. The van der Waals surface area contributed by atoms with E-state index < -0.39 is 28.5 Å². The first kappa shape index (κ1) is 30.7. The van der Waals surface area contributed by atoms with Gasteiger partial charge < -0.3 is 15.0 Å². The Labute approximate surface area is 238 Å². The van der Waals surface area contributed by atoms with Crippen LogP contribution in [-0.2, 0) is 26.2 Å². The largest absolute Gasteiger partial charge is 0.497 e. The average molecular weight is 566 g/mol. The number of aryl methyl sites for hydroxylation is 2. The maximum Gasteiger partial charge on any atom is 0.264 e. The van der Waals surface area contributed by atoms with Gasteiger partial charge in [0.15, 0.2) is 0 Å². The molecule has 3 aromatic carbocycles. The van der Waals surface area contributed by atoms with Crippen molar-refractivity contribution in [1.82, 2.24) is 10.2 Å². The van der Waals surface area contributed by atoms with Crippen molar-refractivity contribution in [1.29, 1.82) is 0 Å². The third-order valence-corrected chi connectivity index (χ3v) is 8.73. The van der Waals surface area contributed by atoms with E-state index in [-0.39, 0.29) is 17.3 Å². The van der Waals surface area contributed by atoms with Gasteiger partial charge in [0, 0.05) is 13.1 Å². The minimum absolute atomic E-state index is 0.0851. The number of rotatable bonds is 12. The summed E-state index contributed by atoms with van der Waals surface area (Å²) in [5.41, 5.74) is 3.75. The molecule has 9 heteroatoms. The van der Waals surface area contributed by atoms with Gasteiger partial charge in [0.2, 0.25) is 11.8 Å². The summed E-state index contributed by atoms with van der Waals surface area (Å²) < 4.78 is 34.6. The number of carbonyl (C=O) groups is 2. The van der Waals surface area contributed by atoms with Crippen molar-refractivity contribution in [3.05, 3.63) is 89.0 Å². The summed E-state index contributed by atoms with van der Waals surface area (Å²) in [5.74, 6) is -0.159. The quantitative estimate of drug-likeness (QED) is 0.342. The number of benzene rings is 3. The maximum atomic E-state index is 14.1. The Bertz CT molecular complexity index is 1440. The van der Waals surface area contributed by atoms with Crippen LogP contribution in [0.4, 0.5) is 5.69 Å². The van der Waals surface area contributed by atoms with Gasteiger partial charge in [0.05, 0.1) is 17.7 Å². The molecule has 0 aliphatic heterocycles. The molecule has 0 bridgehead atoms. The van der Waals surface area contributed by atoms with Crippen molar-refractivity contribution < 1.29 is 22.7 Å². The van der Waals surface area contributed by atoms with E-state index in [2.05, 4.69) is 5.32 Å². The molecule has 0 aromatic heterocycles. The number of anilines is 1. The fraction of sp³-hybridized carbons (Fsp3) is 0.355. The summed E-state index contributed by atoms with van der Waals surface area (Å²) >= 11 is 0. The molecule has 0 aliphatic carbocycles. The Hall–Kier alpha value is -3.85. The fourth-order valence-corrected chi connectivity index (χ4v) is 6.01. The van der Waals surface area contributed by atoms with Crippen LogP contribution in [-0.4, -0.2) is 51.4 Å². The van der Waals surface area contributed by atoms with E-state index in [9.17, 15) is 18.0 Å². The Morgan fingerprint density at radius 2 is 1.62 bits per heavy atom. The van der Waals surface area contributed by atoms with Gasteiger partial charge >= 0.3 is 0 Å². The molecular weight excluding hydrogens is 526 g/mol. The first-order valence-electron chi connectivity index (χ1n) is 13.4. The van der Waals surface area contributed by atoms with E-state index >= 15 is 0 Å². The summed E-state index contributed by atoms with van der Waals surface area (Å²) in [6.45, 7) is 9.31. The third-order valence-electron chi connectivity index (χ3n) is 6.96. The van der Waals surface area contributed by atoms with Crippen molar-refractivity contribution in [3.8, 4) is 5.75 Å². The van der Waals surface area contributed by atoms with Crippen molar-refractivity contribution in [2.75, 3.05) is 24.5 Å². The second kappa shape index (κ2) is 13.5. The summed E-state index contributed by atoms with van der Waals surface area (Å²) in [6, 6.07) is 18.4. The second-order valence-electron chi connectivity index (χ2n) is 9.74. The van der Waals surface area contributed by atoms with Gasteiger partial charge in [-0.1, -0.05) is 48.9 Å². The second-order valence-corrected chi connectivity index (χ2v) is 11.6. The van der Waals surface area contributed by atoms with E-state index in [0.717, 1.165) is 26.6 Å². The van der Waals surface area contributed by atoms with Crippen LogP contribution in [0.2, 0.25) is 0 Å². The minimum Gasteiger partial charge on any atom is -0.497 e. The number of sulfonamides is 1. The number of nitrogens with zero attached hydrogens (tertiary/aromatic N) is 2. The molecule has 0 spiro atoms. The molecule has 1 atom stereocenters. The van der Waals surface area contributed by atoms with Crippen LogP contribution in [0.15, 0.2) is 71.6 Å². The maximum absolute atomic E-state index is 14.1. The van der Waals surface area contributed by atoms with Gasteiger partial charge in [-0.2, -0.15) is 0 Å². The van der Waals surface area contributed by atoms with Gasteiger partial charge in [0.25, 0.3) is 10.0 Å². The molecule has 0 fully saturated rings. The highest BCUT2D eigenvalue weighted by Gasteiger charge is 2.34. The van der Waals surface area contributed by atoms with Gasteiger partial charge in [-0.05, 0) is 81.1 Å². The zero-order valence-electron chi connectivity index (χ0n) is 24.1. The summed E-state index contributed by atoms with van der Waals surface area (Å²) in [6.07, 6.45) is 0.357. The predicted octanol–water partition coefficient (Wildman–Crippen LogP) is 4.76. The molecule has 0 radical (unpaired) electrons. The molecule has 0 saturated heterocycles. The SMILES string of the molecule is CCNC(=O)C(CC)N(Cc1cccc(OC)c1)C(=O)CN(c1cccc(C)c1C)S(=O)(=O)c1ccc(C)cc1. The third kappa shape index (κ3) is 7.01. The van der Waals surface area contributed by atoms with Crippen LogP contribution in [0.5, 0.6) is 5.75 Å². The molecule has 2 amide bonds. The number of likely N-dealkylation sites (N-methyl/N-ethyl adjacent to an activating group) is 1. The van der Waals surface area contributed by atoms with Crippen molar-refractivity contribution in [2.24, 2.45) is 0 Å². The summed E-state index contributed by atoms with van der Waals surface area (Å²) in [7, 11) is -2.56. The topological polar surface area (TPSA) is 96.0 Å². The van der Waals surface area contributed by atoms with Crippen LogP contribution >= 0.6 is 0 Å². The smallest absolute Gasteiger partial charge is 0.264 e. The lowest BCUT2D eigenvalue weighted by Gasteiger charge is -2.33. The number of amides is 2. The molecule has 40 heavy (non-hydrogen) atoms. The molecule has 0 saturated carbocycles. The van der Waals surface area contributed by atoms with Crippen LogP contribution in [0, 0.1) is 20.8 Å². The number of carbonyl (C=O) groups excluding carboxylic acids is 2. The zero-order valence-corrected chi connectivity index (χ0v) is 24.9. The first-order chi connectivity index (χ1) is 19.0. The van der Waals surface area contributed by atoms with Crippen molar-refractivity contribution in [3.63, 3.8) is 0 Å². The molecule has 0 heterocycles. The van der Waals surface area contributed by atoms with Crippen molar-refractivity contribution in [2.45, 2.75) is 58.5 Å². The molecule has 0 aliphatic rings. The van der Waals surface area contributed by atoms with E-state index in [0.29, 0.717) is 24.4 Å². The molecule has 1 unspecified atom stereocenters. The van der Waals surface area contributed by atoms with Gasteiger partial charge in [-0.3, -0.25) is 13.9 Å². The van der Waals surface area contributed by atoms with E-state index in [1.807, 2.05) is 52.8 Å². The first-order valence-corrected chi connectivity index (χ1v) is 14.8. The lowest BCUT2D eigenvalue weighted by atomic mass is 10.1. The number of methoxy groups -OCH3 is 1. The highest BCUT2D eigenvalue weighted by atomic mass is 32.2. The molecule has 3 rings (SSSR count). The van der Waals surface area contributed by atoms with Crippen LogP contribution < -0.4 is 14.4 Å². The lowest BCUT2D eigenvalue weighted by molar-refractivity contribution is -0.140. The van der Waals surface area contributed by atoms with Gasteiger partial charge in [0.1, 0.15) is 18.3 Å². The molecule has 1 N–H and O–H groups in total.